The fourth-order valence-corrected chi connectivity index (χ4v) is 1.88. The standard InChI is InChI=1S/C12H16FNO/c1-9-5-10(13)7-11(6-9)14-8-12-3-2-4-15-12/h5-7,12,14H,2-4,8H2,1H3. The summed E-state index contributed by atoms with van der Waals surface area (Å²) in [6.45, 7) is 3.51. The first-order valence-corrected chi connectivity index (χ1v) is 5.37. The Kier molecular flexibility index (Phi) is 3.21. The molecule has 0 bridgehead atoms. The van der Waals surface area contributed by atoms with Crippen molar-refractivity contribution < 1.29 is 9.13 Å². The van der Waals surface area contributed by atoms with Crippen LogP contribution in [0.25, 0.3) is 0 Å². The summed E-state index contributed by atoms with van der Waals surface area (Å²) in [5.74, 6) is -0.190. The smallest absolute Gasteiger partial charge is 0.125 e. The van der Waals surface area contributed by atoms with Crippen LogP contribution in [-0.4, -0.2) is 19.3 Å². The van der Waals surface area contributed by atoms with Crippen LogP contribution in [0.3, 0.4) is 0 Å². The zero-order chi connectivity index (χ0) is 10.7. The fraction of sp³-hybridized carbons (Fsp3) is 0.500. The molecule has 1 aromatic rings. The molecule has 0 aliphatic carbocycles. The number of benzene rings is 1. The molecule has 1 heterocycles. The third-order valence-corrected chi connectivity index (χ3v) is 2.60. The first-order chi connectivity index (χ1) is 7.24. The maximum Gasteiger partial charge on any atom is 0.125 e. The number of ether oxygens (including phenoxy) is 1. The highest BCUT2D eigenvalue weighted by Gasteiger charge is 2.14. The minimum Gasteiger partial charge on any atom is -0.382 e. The molecule has 0 spiro atoms. The summed E-state index contributed by atoms with van der Waals surface area (Å²) in [6.07, 6.45) is 2.52. The zero-order valence-electron chi connectivity index (χ0n) is 8.92. The molecular formula is C12H16FNO. The molecule has 0 saturated carbocycles. The Morgan fingerprint density at radius 2 is 2.33 bits per heavy atom. The summed E-state index contributed by atoms with van der Waals surface area (Å²) in [4.78, 5) is 0. The van der Waals surface area contributed by atoms with Crippen LogP contribution < -0.4 is 5.32 Å². The first-order valence-electron chi connectivity index (χ1n) is 5.37. The van der Waals surface area contributed by atoms with E-state index in [1.165, 1.54) is 12.1 Å². The second-order valence-corrected chi connectivity index (χ2v) is 4.03. The van der Waals surface area contributed by atoms with Gasteiger partial charge in [0, 0.05) is 18.8 Å². The number of anilines is 1. The molecule has 82 valence electrons. The van der Waals surface area contributed by atoms with Crippen LogP contribution in [0.4, 0.5) is 10.1 Å². The molecule has 1 aliphatic rings. The van der Waals surface area contributed by atoms with Gasteiger partial charge in [0.2, 0.25) is 0 Å². The molecule has 0 radical (unpaired) electrons. The van der Waals surface area contributed by atoms with Crippen molar-refractivity contribution in [2.24, 2.45) is 0 Å². The van der Waals surface area contributed by atoms with Crippen molar-refractivity contribution in [2.45, 2.75) is 25.9 Å². The molecule has 1 fully saturated rings. The van der Waals surface area contributed by atoms with Gasteiger partial charge in [-0.1, -0.05) is 0 Å². The SMILES string of the molecule is Cc1cc(F)cc(NCC2CCCO2)c1. The largest absolute Gasteiger partial charge is 0.382 e. The Morgan fingerprint density at radius 3 is 3.00 bits per heavy atom. The minimum absolute atomic E-state index is 0.190. The number of aryl methyl sites for hydroxylation is 1. The highest BCUT2D eigenvalue weighted by atomic mass is 19.1. The molecule has 0 aromatic heterocycles. The predicted octanol–water partition coefficient (Wildman–Crippen LogP) is 2.73. The van der Waals surface area contributed by atoms with E-state index in [0.29, 0.717) is 0 Å². The summed E-state index contributed by atoms with van der Waals surface area (Å²) in [6, 6.07) is 4.98. The Hall–Kier alpha value is -1.09. The maximum absolute atomic E-state index is 13.1. The normalized spacial score (nSPS) is 20.5. The van der Waals surface area contributed by atoms with E-state index in [2.05, 4.69) is 5.32 Å². The number of hydrogen-bond acceptors (Lipinski definition) is 2. The molecule has 2 rings (SSSR count). The number of nitrogens with one attached hydrogen (secondary N) is 1. The number of hydrogen-bond donors (Lipinski definition) is 1. The van der Waals surface area contributed by atoms with Crippen LogP contribution in [0.15, 0.2) is 18.2 Å². The molecule has 1 N–H and O–H groups in total. The van der Waals surface area contributed by atoms with Crippen molar-refractivity contribution in [1.82, 2.24) is 0 Å². The van der Waals surface area contributed by atoms with Gasteiger partial charge in [0.15, 0.2) is 0 Å². The van der Waals surface area contributed by atoms with Crippen LogP contribution in [0.5, 0.6) is 0 Å². The Bertz CT molecular complexity index is 314. The molecule has 0 amide bonds. The Labute approximate surface area is 89.4 Å². The van der Waals surface area contributed by atoms with Crippen molar-refractivity contribution in [3.63, 3.8) is 0 Å². The van der Waals surface area contributed by atoms with E-state index in [4.69, 9.17) is 4.74 Å². The molecule has 2 nitrogen and oxygen atoms in total. The van der Waals surface area contributed by atoms with Crippen molar-refractivity contribution in [3.8, 4) is 0 Å². The molecule has 1 unspecified atom stereocenters. The van der Waals surface area contributed by atoms with Crippen molar-refractivity contribution in [2.75, 3.05) is 18.5 Å². The lowest BCUT2D eigenvalue weighted by Gasteiger charge is -2.12. The zero-order valence-corrected chi connectivity index (χ0v) is 8.92. The average Bonchev–Trinajstić information content (AvgIpc) is 2.65. The van der Waals surface area contributed by atoms with Gasteiger partial charge >= 0.3 is 0 Å². The van der Waals surface area contributed by atoms with Crippen molar-refractivity contribution in [1.29, 1.82) is 0 Å². The first kappa shape index (κ1) is 10.4. The van der Waals surface area contributed by atoms with Crippen molar-refractivity contribution in [3.05, 3.63) is 29.6 Å². The van der Waals surface area contributed by atoms with Gasteiger partial charge < -0.3 is 10.1 Å². The van der Waals surface area contributed by atoms with Gasteiger partial charge in [0.05, 0.1) is 6.10 Å². The Morgan fingerprint density at radius 1 is 1.47 bits per heavy atom. The number of rotatable bonds is 3. The lowest BCUT2D eigenvalue weighted by atomic mass is 10.2. The maximum atomic E-state index is 13.1. The summed E-state index contributed by atoms with van der Waals surface area (Å²) in [5.41, 5.74) is 1.77. The quantitative estimate of drug-likeness (QED) is 0.826. The molecule has 15 heavy (non-hydrogen) atoms. The van der Waals surface area contributed by atoms with E-state index in [9.17, 15) is 4.39 Å². The minimum atomic E-state index is -0.190. The van der Waals surface area contributed by atoms with Gasteiger partial charge in [-0.3, -0.25) is 0 Å². The van der Waals surface area contributed by atoms with Crippen LogP contribution in [0.1, 0.15) is 18.4 Å². The highest BCUT2D eigenvalue weighted by Crippen LogP contribution is 2.16. The van der Waals surface area contributed by atoms with Gasteiger partial charge in [-0.2, -0.15) is 0 Å². The lowest BCUT2D eigenvalue weighted by Crippen LogP contribution is -2.18. The monoisotopic (exact) mass is 209 g/mol. The van der Waals surface area contributed by atoms with Gasteiger partial charge in [-0.05, 0) is 43.5 Å². The number of halogens is 1. The third-order valence-electron chi connectivity index (χ3n) is 2.60. The topological polar surface area (TPSA) is 21.3 Å². The highest BCUT2D eigenvalue weighted by molar-refractivity contribution is 5.46. The van der Waals surface area contributed by atoms with Gasteiger partial charge in [0.1, 0.15) is 5.82 Å². The van der Waals surface area contributed by atoms with E-state index in [-0.39, 0.29) is 11.9 Å². The van der Waals surface area contributed by atoms with Crippen LogP contribution in [-0.2, 0) is 4.74 Å². The summed E-state index contributed by atoms with van der Waals surface area (Å²) in [5, 5.41) is 3.20. The fourth-order valence-electron chi connectivity index (χ4n) is 1.88. The van der Waals surface area contributed by atoms with E-state index in [0.717, 1.165) is 37.2 Å². The molecule has 3 heteroatoms. The van der Waals surface area contributed by atoms with Gasteiger partial charge in [-0.25, -0.2) is 4.39 Å². The van der Waals surface area contributed by atoms with Crippen LogP contribution >= 0.6 is 0 Å². The second kappa shape index (κ2) is 4.62. The summed E-state index contributed by atoms with van der Waals surface area (Å²) in [7, 11) is 0. The van der Waals surface area contributed by atoms with E-state index in [1.54, 1.807) is 0 Å². The second-order valence-electron chi connectivity index (χ2n) is 4.03. The summed E-state index contributed by atoms with van der Waals surface area (Å²) < 4.78 is 18.5. The van der Waals surface area contributed by atoms with E-state index < -0.39 is 0 Å². The molecule has 1 saturated heterocycles. The average molecular weight is 209 g/mol. The van der Waals surface area contributed by atoms with E-state index >= 15 is 0 Å². The summed E-state index contributed by atoms with van der Waals surface area (Å²) >= 11 is 0. The van der Waals surface area contributed by atoms with Crippen LogP contribution in [0.2, 0.25) is 0 Å². The lowest BCUT2D eigenvalue weighted by molar-refractivity contribution is 0.120. The van der Waals surface area contributed by atoms with Gasteiger partial charge in [0.25, 0.3) is 0 Å². The van der Waals surface area contributed by atoms with Crippen molar-refractivity contribution >= 4 is 5.69 Å². The molecule has 1 aliphatic heterocycles. The van der Waals surface area contributed by atoms with E-state index in [1.807, 2.05) is 13.0 Å². The molecule has 1 atom stereocenters. The molecule has 1 aromatic carbocycles. The molecular weight excluding hydrogens is 193 g/mol. The van der Waals surface area contributed by atoms with Gasteiger partial charge in [-0.15, -0.1) is 0 Å². The predicted molar refractivity (Wildman–Crippen MR) is 58.6 cm³/mol. The Balaban J connectivity index is 1.92. The third kappa shape index (κ3) is 2.93. The van der Waals surface area contributed by atoms with Crippen LogP contribution in [0, 0.1) is 12.7 Å².